The third-order valence-electron chi connectivity index (χ3n) is 3.07. The first-order valence-corrected chi connectivity index (χ1v) is 8.27. The van der Waals surface area contributed by atoms with E-state index >= 15 is 0 Å². The van der Waals surface area contributed by atoms with Gasteiger partial charge in [0, 0.05) is 10.5 Å². The van der Waals surface area contributed by atoms with E-state index < -0.39 is 30.9 Å². The van der Waals surface area contributed by atoms with Crippen LogP contribution in [0.3, 0.4) is 0 Å². The van der Waals surface area contributed by atoms with Gasteiger partial charge < -0.3 is 14.8 Å². The molecule has 0 unspecified atom stereocenters. The topological polar surface area (TPSA) is 64.6 Å². The second-order valence-electron chi connectivity index (χ2n) is 5.06. The molecule has 5 nitrogen and oxygen atoms in total. The van der Waals surface area contributed by atoms with E-state index in [4.69, 9.17) is 4.74 Å². The maximum atomic E-state index is 13.6. The molecule has 0 aromatic heterocycles. The van der Waals surface area contributed by atoms with Crippen LogP contribution in [0.5, 0.6) is 5.75 Å². The number of esters is 1. The fraction of sp³-hybridized carbons (Fsp3) is 0.111. The highest BCUT2D eigenvalue weighted by Gasteiger charge is 2.09. The van der Waals surface area contributed by atoms with Crippen LogP contribution in [-0.4, -0.2) is 25.1 Å². The van der Waals surface area contributed by atoms with E-state index in [0.29, 0.717) is 10.0 Å². The number of alkyl halides is 2. The Bertz CT molecular complexity index is 841. The molecule has 2 aromatic rings. The number of hydrogen-bond donors (Lipinski definition) is 1. The molecule has 0 atom stereocenters. The summed E-state index contributed by atoms with van der Waals surface area (Å²) in [5.74, 6) is -2.15. The average molecular weight is 444 g/mol. The lowest BCUT2D eigenvalue weighted by molar-refractivity contribution is -0.142. The van der Waals surface area contributed by atoms with Gasteiger partial charge in [-0.05, 0) is 42.0 Å². The van der Waals surface area contributed by atoms with Gasteiger partial charge in [0.05, 0.1) is 5.69 Å². The summed E-state index contributed by atoms with van der Waals surface area (Å²) < 4.78 is 47.2. The molecule has 2 aromatic carbocycles. The highest BCUT2D eigenvalue weighted by molar-refractivity contribution is 9.10. The highest BCUT2D eigenvalue weighted by atomic mass is 79.9. The van der Waals surface area contributed by atoms with Gasteiger partial charge in [0.2, 0.25) is 0 Å². The molecule has 0 radical (unpaired) electrons. The minimum Gasteiger partial charge on any atom is -0.452 e. The lowest BCUT2D eigenvalue weighted by Crippen LogP contribution is -2.20. The third kappa shape index (κ3) is 7.14. The molecule has 9 heteroatoms. The van der Waals surface area contributed by atoms with Crippen LogP contribution >= 0.6 is 15.9 Å². The fourth-order valence-electron chi connectivity index (χ4n) is 1.89. The molecule has 2 rings (SSSR count). The quantitative estimate of drug-likeness (QED) is 0.509. The van der Waals surface area contributed by atoms with Gasteiger partial charge in [-0.1, -0.05) is 28.1 Å². The van der Waals surface area contributed by atoms with E-state index in [9.17, 15) is 22.8 Å². The van der Waals surface area contributed by atoms with Gasteiger partial charge in [-0.15, -0.1) is 0 Å². The van der Waals surface area contributed by atoms with Gasteiger partial charge in [-0.2, -0.15) is 8.78 Å². The lowest BCUT2D eigenvalue weighted by atomic mass is 10.2. The summed E-state index contributed by atoms with van der Waals surface area (Å²) in [6.45, 7) is -3.52. The minimum atomic E-state index is -2.92. The van der Waals surface area contributed by atoms with Crippen molar-refractivity contribution in [3.63, 3.8) is 0 Å². The van der Waals surface area contributed by atoms with E-state index in [0.717, 1.165) is 6.08 Å². The summed E-state index contributed by atoms with van der Waals surface area (Å²) in [7, 11) is 0. The van der Waals surface area contributed by atoms with Crippen molar-refractivity contribution in [2.45, 2.75) is 6.61 Å². The van der Waals surface area contributed by atoms with E-state index in [1.54, 1.807) is 6.07 Å². The molecule has 0 saturated heterocycles. The van der Waals surface area contributed by atoms with Crippen molar-refractivity contribution >= 4 is 39.6 Å². The molecule has 27 heavy (non-hydrogen) atoms. The molecule has 0 aliphatic rings. The second kappa shape index (κ2) is 9.77. The van der Waals surface area contributed by atoms with Gasteiger partial charge in [0.15, 0.2) is 6.61 Å². The standard InChI is InChI=1S/C18H13BrF3NO4/c19-12-4-7-15(14(20)9-12)23-16(24)10-26-17(25)8-3-11-1-5-13(6-2-11)27-18(21)22/h1-9,18H,10H2,(H,23,24)/b8-3+. The smallest absolute Gasteiger partial charge is 0.387 e. The molecule has 0 aliphatic carbocycles. The Kier molecular flexibility index (Phi) is 7.42. The summed E-state index contributed by atoms with van der Waals surface area (Å²) in [5, 5.41) is 2.28. The van der Waals surface area contributed by atoms with Crippen LogP contribution in [0.2, 0.25) is 0 Å². The number of carbonyl (C=O) groups is 2. The Morgan fingerprint density at radius 1 is 1.15 bits per heavy atom. The first-order valence-electron chi connectivity index (χ1n) is 7.48. The van der Waals surface area contributed by atoms with Crippen LogP contribution < -0.4 is 10.1 Å². The Balaban J connectivity index is 1.81. The summed E-state index contributed by atoms with van der Waals surface area (Å²) in [6, 6.07) is 9.65. The van der Waals surface area contributed by atoms with Crippen molar-refractivity contribution in [1.29, 1.82) is 0 Å². The molecule has 0 spiro atoms. The lowest BCUT2D eigenvalue weighted by Gasteiger charge is -2.06. The largest absolute Gasteiger partial charge is 0.452 e. The Hall–Kier alpha value is -2.81. The van der Waals surface area contributed by atoms with Crippen molar-refractivity contribution in [3.05, 3.63) is 64.4 Å². The zero-order valence-corrected chi connectivity index (χ0v) is 15.2. The van der Waals surface area contributed by atoms with Crippen molar-refractivity contribution < 1.29 is 32.2 Å². The molecule has 0 heterocycles. The van der Waals surface area contributed by atoms with E-state index in [1.807, 2.05) is 0 Å². The second-order valence-corrected chi connectivity index (χ2v) is 5.98. The fourth-order valence-corrected chi connectivity index (χ4v) is 2.22. The van der Waals surface area contributed by atoms with Crippen molar-refractivity contribution in [3.8, 4) is 5.75 Å². The number of amides is 1. The molecule has 0 aliphatic heterocycles. The third-order valence-corrected chi connectivity index (χ3v) is 3.56. The number of hydrogen-bond acceptors (Lipinski definition) is 4. The first-order chi connectivity index (χ1) is 12.8. The van der Waals surface area contributed by atoms with Crippen molar-refractivity contribution in [2.75, 3.05) is 11.9 Å². The van der Waals surface area contributed by atoms with Gasteiger partial charge in [0.25, 0.3) is 5.91 Å². The minimum absolute atomic E-state index is 0.0124. The Morgan fingerprint density at radius 3 is 2.48 bits per heavy atom. The molecule has 1 N–H and O–H groups in total. The predicted octanol–water partition coefficient (Wildman–Crippen LogP) is 4.38. The maximum absolute atomic E-state index is 13.6. The number of rotatable bonds is 7. The van der Waals surface area contributed by atoms with Gasteiger partial charge in [0.1, 0.15) is 11.6 Å². The zero-order valence-electron chi connectivity index (χ0n) is 13.6. The molecule has 1 amide bonds. The number of anilines is 1. The normalized spacial score (nSPS) is 10.9. The molecule has 0 fully saturated rings. The summed E-state index contributed by atoms with van der Waals surface area (Å²) in [6.07, 6.45) is 2.44. The SMILES string of the molecule is O=C(COC(=O)/C=C/c1ccc(OC(F)F)cc1)Nc1ccc(Br)cc1F. The number of ether oxygens (including phenoxy) is 2. The molecular formula is C18H13BrF3NO4. The van der Waals surface area contributed by atoms with Gasteiger partial charge >= 0.3 is 12.6 Å². The van der Waals surface area contributed by atoms with Crippen molar-refractivity contribution in [1.82, 2.24) is 0 Å². The number of nitrogens with one attached hydrogen (secondary N) is 1. The van der Waals surface area contributed by atoms with Crippen molar-refractivity contribution in [2.24, 2.45) is 0 Å². The van der Waals surface area contributed by atoms with Gasteiger partial charge in [-0.25, -0.2) is 9.18 Å². The van der Waals surface area contributed by atoms with Crippen LogP contribution in [0, 0.1) is 5.82 Å². The van der Waals surface area contributed by atoms with Crippen LogP contribution in [0.1, 0.15) is 5.56 Å². The highest BCUT2D eigenvalue weighted by Crippen LogP contribution is 2.19. The van der Waals surface area contributed by atoms with Crippen LogP contribution in [0.4, 0.5) is 18.9 Å². The van der Waals surface area contributed by atoms with Gasteiger partial charge in [-0.3, -0.25) is 4.79 Å². The molecule has 0 saturated carbocycles. The average Bonchev–Trinajstić information content (AvgIpc) is 2.61. The van der Waals surface area contributed by atoms with Crippen LogP contribution in [0.15, 0.2) is 53.0 Å². The monoisotopic (exact) mass is 443 g/mol. The zero-order chi connectivity index (χ0) is 19.8. The summed E-state index contributed by atoms with van der Waals surface area (Å²) in [4.78, 5) is 23.3. The first kappa shape index (κ1) is 20.5. The Labute approximate surface area is 160 Å². The predicted molar refractivity (Wildman–Crippen MR) is 95.8 cm³/mol. The van der Waals surface area contributed by atoms with Crippen LogP contribution in [0.25, 0.3) is 6.08 Å². The Morgan fingerprint density at radius 2 is 1.85 bits per heavy atom. The summed E-state index contributed by atoms with van der Waals surface area (Å²) >= 11 is 3.09. The molecule has 142 valence electrons. The van der Waals surface area contributed by atoms with E-state index in [-0.39, 0.29) is 11.4 Å². The maximum Gasteiger partial charge on any atom is 0.387 e. The summed E-state index contributed by atoms with van der Waals surface area (Å²) in [5.41, 5.74) is 0.496. The van der Waals surface area contributed by atoms with E-state index in [2.05, 4.69) is 26.0 Å². The number of halogens is 4. The molecular weight excluding hydrogens is 431 g/mol. The molecule has 0 bridgehead atoms. The van der Waals surface area contributed by atoms with E-state index in [1.165, 1.54) is 42.5 Å². The van der Waals surface area contributed by atoms with Crippen LogP contribution in [-0.2, 0) is 14.3 Å². The number of benzene rings is 2. The number of carbonyl (C=O) groups excluding carboxylic acids is 2.